The average molecular weight is 257 g/mol. The molecule has 0 aliphatic heterocycles. The molecular weight excluding hydrogens is 238 g/mol. The van der Waals surface area contributed by atoms with E-state index in [2.05, 4.69) is 11.4 Å². The molecule has 1 fully saturated rings. The standard InChI is InChI=1S/C15H19N3O/c16-10-12-7-4-8-14(12)18-15(19)13(17)9-11-5-2-1-3-6-11/h1-3,5-6,12-14H,4,7-9,17H2,(H,18,19)/t12?,13-,14?/m0/s1. The summed E-state index contributed by atoms with van der Waals surface area (Å²) in [6, 6.07) is 11.4. The van der Waals surface area contributed by atoms with Crippen LogP contribution >= 0.6 is 0 Å². The molecule has 3 atom stereocenters. The van der Waals surface area contributed by atoms with Crippen LogP contribution in [0.15, 0.2) is 30.3 Å². The molecule has 1 aliphatic rings. The maximum Gasteiger partial charge on any atom is 0.237 e. The van der Waals surface area contributed by atoms with Gasteiger partial charge in [-0.05, 0) is 31.2 Å². The molecule has 1 saturated carbocycles. The van der Waals surface area contributed by atoms with Crippen LogP contribution in [0, 0.1) is 17.2 Å². The molecule has 1 aliphatic carbocycles. The first kappa shape index (κ1) is 13.6. The molecule has 2 unspecified atom stereocenters. The summed E-state index contributed by atoms with van der Waals surface area (Å²) in [4.78, 5) is 12.0. The lowest BCUT2D eigenvalue weighted by Crippen LogP contribution is -2.47. The Bertz CT molecular complexity index is 466. The molecule has 1 amide bonds. The van der Waals surface area contributed by atoms with Gasteiger partial charge < -0.3 is 11.1 Å². The summed E-state index contributed by atoms with van der Waals surface area (Å²) in [5, 5.41) is 11.9. The van der Waals surface area contributed by atoms with Gasteiger partial charge in [-0.1, -0.05) is 30.3 Å². The number of hydrogen-bond acceptors (Lipinski definition) is 3. The van der Waals surface area contributed by atoms with Crippen molar-refractivity contribution in [1.29, 1.82) is 5.26 Å². The fourth-order valence-corrected chi connectivity index (χ4v) is 2.54. The molecule has 0 radical (unpaired) electrons. The molecule has 100 valence electrons. The molecule has 1 aromatic rings. The summed E-state index contributed by atoms with van der Waals surface area (Å²) in [5.41, 5.74) is 6.97. The number of amides is 1. The van der Waals surface area contributed by atoms with E-state index in [0.717, 1.165) is 24.8 Å². The van der Waals surface area contributed by atoms with Crippen molar-refractivity contribution in [3.63, 3.8) is 0 Å². The van der Waals surface area contributed by atoms with Gasteiger partial charge in [-0.15, -0.1) is 0 Å². The SMILES string of the molecule is N#CC1CCCC1NC(=O)[C@@H](N)Cc1ccccc1. The average Bonchev–Trinajstić information content (AvgIpc) is 2.87. The Morgan fingerprint density at radius 3 is 2.84 bits per heavy atom. The quantitative estimate of drug-likeness (QED) is 0.855. The molecule has 3 N–H and O–H groups in total. The highest BCUT2D eigenvalue weighted by atomic mass is 16.2. The van der Waals surface area contributed by atoms with Gasteiger partial charge in [0.05, 0.1) is 18.0 Å². The Morgan fingerprint density at radius 1 is 1.42 bits per heavy atom. The van der Waals surface area contributed by atoms with Crippen molar-refractivity contribution in [2.24, 2.45) is 11.7 Å². The minimum atomic E-state index is -0.553. The third-order valence-corrected chi connectivity index (χ3v) is 3.64. The van der Waals surface area contributed by atoms with E-state index in [4.69, 9.17) is 11.0 Å². The fraction of sp³-hybridized carbons (Fsp3) is 0.467. The van der Waals surface area contributed by atoms with Gasteiger partial charge in [0, 0.05) is 6.04 Å². The highest BCUT2D eigenvalue weighted by Gasteiger charge is 2.29. The molecule has 0 saturated heterocycles. The predicted molar refractivity (Wildman–Crippen MR) is 73.0 cm³/mol. The fourth-order valence-electron chi connectivity index (χ4n) is 2.54. The van der Waals surface area contributed by atoms with Crippen LogP contribution in [0.25, 0.3) is 0 Å². The van der Waals surface area contributed by atoms with Crippen LogP contribution in [0.2, 0.25) is 0 Å². The van der Waals surface area contributed by atoms with Crippen molar-refractivity contribution in [3.05, 3.63) is 35.9 Å². The third-order valence-electron chi connectivity index (χ3n) is 3.64. The number of hydrogen-bond donors (Lipinski definition) is 2. The molecule has 0 aromatic heterocycles. The van der Waals surface area contributed by atoms with E-state index in [9.17, 15) is 4.79 Å². The van der Waals surface area contributed by atoms with Gasteiger partial charge in [-0.3, -0.25) is 4.79 Å². The first-order valence-corrected chi connectivity index (χ1v) is 6.70. The monoisotopic (exact) mass is 257 g/mol. The summed E-state index contributed by atoms with van der Waals surface area (Å²) in [7, 11) is 0. The van der Waals surface area contributed by atoms with Gasteiger partial charge in [-0.2, -0.15) is 5.26 Å². The molecule has 2 rings (SSSR count). The summed E-state index contributed by atoms with van der Waals surface area (Å²) < 4.78 is 0. The second kappa shape index (κ2) is 6.35. The second-order valence-corrected chi connectivity index (χ2v) is 5.08. The number of nitrogens with two attached hydrogens (primary N) is 1. The van der Waals surface area contributed by atoms with Gasteiger partial charge in [0.1, 0.15) is 0 Å². The Kier molecular flexibility index (Phi) is 4.53. The third kappa shape index (κ3) is 3.55. The maximum atomic E-state index is 12.0. The number of nitrogens with one attached hydrogen (secondary N) is 1. The molecule has 0 heterocycles. The minimum Gasteiger partial charge on any atom is -0.351 e. The zero-order chi connectivity index (χ0) is 13.7. The molecule has 4 heteroatoms. The Labute approximate surface area is 113 Å². The van der Waals surface area contributed by atoms with E-state index >= 15 is 0 Å². The normalized spacial score (nSPS) is 23.6. The molecular formula is C15H19N3O. The molecule has 4 nitrogen and oxygen atoms in total. The second-order valence-electron chi connectivity index (χ2n) is 5.08. The molecule has 0 bridgehead atoms. The Hall–Kier alpha value is -1.86. The number of carbonyl (C=O) groups is 1. The lowest BCUT2D eigenvalue weighted by atomic mass is 10.0. The number of nitriles is 1. The Morgan fingerprint density at radius 2 is 2.16 bits per heavy atom. The van der Waals surface area contributed by atoms with Gasteiger partial charge in [-0.25, -0.2) is 0 Å². The summed E-state index contributed by atoms with van der Waals surface area (Å²) in [5.74, 6) is -0.219. The van der Waals surface area contributed by atoms with Crippen LogP contribution in [-0.2, 0) is 11.2 Å². The summed E-state index contributed by atoms with van der Waals surface area (Å²) in [6.07, 6.45) is 3.27. The van der Waals surface area contributed by atoms with Crippen LogP contribution in [-0.4, -0.2) is 18.0 Å². The van der Waals surface area contributed by atoms with Crippen LogP contribution < -0.4 is 11.1 Å². The maximum absolute atomic E-state index is 12.0. The van der Waals surface area contributed by atoms with Crippen molar-refractivity contribution in [2.75, 3.05) is 0 Å². The van der Waals surface area contributed by atoms with E-state index in [1.165, 1.54) is 0 Å². The largest absolute Gasteiger partial charge is 0.351 e. The van der Waals surface area contributed by atoms with Gasteiger partial charge in [0.2, 0.25) is 5.91 Å². The lowest BCUT2D eigenvalue weighted by molar-refractivity contribution is -0.123. The van der Waals surface area contributed by atoms with Crippen molar-refractivity contribution in [3.8, 4) is 6.07 Å². The van der Waals surface area contributed by atoms with Crippen molar-refractivity contribution in [2.45, 2.75) is 37.8 Å². The lowest BCUT2D eigenvalue weighted by Gasteiger charge is -2.19. The van der Waals surface area contributed by atoms with Gasteiger partial charge in [0.15, 0.2) is 0 Å². The molecule has 0 spiro atoms. The van der Waals surface area contributed by atoms with E-state index in [0.29, 0.717) is 6.42 Å². The smallest absolute Gasteiger partial charge is 0.237 e. The minimum absolute atomic E-state index is 0.0284. The number of carbonyl (C=O) groups excluding carboxylic acids is 1. The highest BCUT2D eigenvalue weighted by molar-refractivity contribution is 5.82. The first-order valence-electron chi connectivity index (χ1n) is 6.70. The van der Waals surface area contributed by atoms with E-state index in [-0.39, 0.29) is 17.9 Å². The predicted octanol–water partition coefficient (Wildman–Crippen LogP) is 1.36. The van der Waals surface area contributed by atoms with E-state index in [1.807, 2.05) is 30.3 Å². The number of nitrogens with zero attached hydrogens (tertiary/aromatic N) is 1. The zero-order valence-corrected chi connectivity index (χ0v) is 10.9. The Balaban J connectivity index is 1.88. The van der Waals surface area contributed by atoms with E-state index < -0.39 is 6.04 Å². The van der Waals surface area contributed by atoms with Crippen molar-refractivity contribution >= 4 is 5.91 Å². The van der Waals surface area contributed by atoms with Crippen LogP contribution in [0.5, 0.6) is 0 Å². The zero-order valence-electron chi connectivity index (χ0n) is 10.9. The topological polar surface area (TPSA) is 78.9 Å². The van der Waals surface area contributed by atoms with Crippen molar-refractivity contribution < 1.29 is 4.79 Å². The number of benzene rings is 1. The van der Waals surface area contributed by atoms with Crippen LogP contribution in [0.1, 0.15) is 24.8 Å². The van der Waals surface area contributed by atoms with Crippen LogP contribution in [0.3, 0.4) is 0 Å². The molecule has 1 aromatic carbocycles. The number of rotatable bonds is 4. The highest BCUT2D eigenvalue weighted by Crippen LogP contribution is 2.24. The molecule has 19 heavy (non-hydrogen) atoms. The van der Waals surface area contributed by atoms with Gasteiger partial charge in [0.25, 0.3) is 0 Å². The van der Waals surface area contributed by atoms with Gasteiger partial charge >= 0.3 is 0 Å². The summed E-state index contributed by atoms with van der Waals surface area (Å²) in [6.45, 7) is 0. The summed E-state index contributed by atoms with van der Waals surface area (Å²) >= 11 is 0. The van der Waals surface area contributed by atoms with Crippen molar-refractivity contribution in [1.82, 2.24) is 5.32 Å². The van der Waals surface area contributed by atoms with E-state index in [1.54, 1.807) is 0 Å². The first-order chi connectivity index (χ1) is 9.20. The van der Waals surface area contributed by atoms with Crippen LogP contribution in [0.4, 0.5) is 0 Å².